The topological polar surface area (TPSA) is 107 Å². The number of carbonyl (C=O) groups is 1. The summed E-state index contributed by atoms with van der Waals surface area (Å²) in [4.78, 5) is 12.7. The number of hydrogen-bond acceptors (Lipinski definition) is 4. The number of amides is 1. The Hall–Kier alpha value is 0.220. The monoisotopic (exact) mass is 661 g/mol. The maximum atomic E-state index is 12.7. The summed E-state index contributed by atoms with van der Waals surface area (Å²) in [7, 11) is 0. The van der Waals surface area contributed by atoms with Gasteiger partial charge in [-0.15, -0.1) is 37.2 Å². The molecule has 0 rings (SSSR count). The van der Waals surface area contributed by atoms with E-state index < -0.39 is 0 Å². The van der Waals surface area contributed by atoms with Gasteiger partial charge in [0.1, 0.15) is 0 Å². The Morgan fingerprint density at radius 2 is 0.714 bits per heavy atom. The molecule has 0 saturated carbocycles. The van der Waals surface area contributed by atoms with Gasteiger partial charge in [-0.1, -0.05) is 135 Å². The van der Waals surface area contributed by atoms with Gasteiger partial charge < -0.3 is 22.5 Å². The van der Waals surface area contributed by atoms with Gasteiger partial charge in [0.15, 0.2) is 0 Å². The molecule has 0 saturated heterocycles. The lowest BCUT2D eigenvalue weighted by molar-refractivity contribution is -0.123. The molecule has 1 amide bonds. The van der Waals surface area contributed by atoms with Gasteiger partial charge in [0.25, 0.3) is 0 Å². The SMILES string of the molecule is CCCCCCCCCCCCCCCCCCCCCCCC(=O)NC(CCCN)(CCCN)CCCN.Cl.Cl.Cl. The third-order valence-electron chi connectivity index (χ3n) is 8.49. The fourth-order valence-electron chi connectivity index (χ4n) is 5.96. The molecule has 0 aliphatic rings. The zero-order valence-electron chi connectivity index (χ0n) is 27.8. The fourth-order valence-corrected chi connectivity index (χ4v) is 5.96. The zero-order valence-corrected chi connectivity index (χ0v) is 30.2. The van der Waals surface area contributed by atoms with E-state index in [1.165, 1.54) is 122 Å². The van der Waals surface area contributed by atoms with Crippen LogP contribution in [0.3, 0.4) is 0 Å². The summed E-state index contributed by atoms with van der Waals surface area (Å²) in [6, 6.07) is 0. The first-order valence-electron chi connectivity index (χ1n) is 17.6. The van der Waals surface area contributed by atoms with Crippen molar-refractivity contribution in [2.75, 3.05) is 19.6 Å². The van der Waals surface area contributed by atoms with Crippen LogP contribution in [0.25, 0.3) is 0 Å². The molecular weight excluding hydrogens is 587 g/mol. The van der Waals surface area contributed by atoms with Crippen molar-refractivity contribution in [2.45, 2.75) is 192 Å². The summed E-state index contributed by atoms with van der Waals surface area (Å²) in [6.07, 6.45) is 35.2. The predicted octanol–water partition coefficient (Wildman–Crippen LogP) is 9.93. The van der Waals surface area contributed by atoms with E-state index in [1.54, 1.807) is 0 Å². The fraction of sp³-hybridized carbons (Fsp3) is 0.971. The number of hydrogen-bond donors (Lipinski definition) is 4. The second-order valence-corrected chi connectivity index (χ2v) is 12.3. The minimum absolute atomic E-state index is 0. The number of halogens is 3. The molecule has 0 heterocycles. The van der Waals surface area contributed by atoms with Gasteiger partial charge in [0.2, 0.25) is 5.91 Å². The maximum absolute atomic E-state index is 12.7. The van der Waals surface area contributed by atoms with Gasteiger partial charge in [-0.3, -0.25) is 4.79 Å². The van der Waals surface area contributed by atoms with Crippen molar-refractivity contribution in [3.63, 3.8) is 0 Å². The molecule has 0 aromatic carbocycles. The van der Waals surface area contributed by atoms with Gasteiger partial charge in [-0.25, -0.2) is 0 Å². The van der Waals surface area contributed by atoms with Crippen molar-refractivity contribution in [3.05, 3.63) is 0 Å². The standard InChI is InChI=1S/C34H72N4O.3ClH/c1-2-3-4-5-6-7-8-9-10-11-12-13-14-15-16-17-18-19-20-21-22-26-33(39)38-34(27-23-30-35,28-24-31-36)29-25-32-37;;;/h2-32,35-37H2,1H3,(H,38,39);3*1H. The van der Waals surface area contributed by atoms with E-state index in [1.807, 2.05) is 0 Å². The second-order valence-electron chi connectivity index (χ2n) is 12.3. The maximum Gasteiger partial charge on any atom is 0.220 e. The normalized spacial score (nSPS) is 11.0. The van der Waals surface area contributed by atoms with Gasteiger partial charge in [-0.2, -0.15) is 0 Å². The van der Waals surface area contributed by atoms with Crippen molar-refractivity contribution in [1.82, 2.24) is 5.32 Å². The van der Waals surface area contributed by atoms with E-state index in [9.17, 15) is 4.79 Å². The first-order chi connectivity index (χ1) is 19.1. The van der Waals surface area contributed by atoms with E-state index in [2.05, 4.69) is 12.2 Å². The highest BCUT2D eigenvalue weighted by Gasteiger charge is 2.30. The number of carbonyl (C=O) groups excluding carboxylic acids is 1. The van der Waals surface area contributed by atoms with Crippen LogP contribution >= 0.6 is 37.2 Å². The van der Waals surface area contributed by atoms with Crippen LogP contribution in [-0.4, -0.2) is 31.1 Å². The molecule has 0 aliphatic heterocycles. The zero-order chi connectivity index (χ0) is 28.7. The Bertz CT molecular complexity index is 493. The van der Waals surface area contributed by atoms with E-state index in [4.69, 9.17) is 17.2 Å². The molecule has 8 heteroatoms. The van der Waals surface area contributed by atoms with E-state index in [-0.39, 0.29) is 48.7 Å². The lowest BCUT2D eigenvalue weighted by atomic mass is 9.83. The lowest BCUT2D eigenvalue weighted by Gasteiger charge is -2.35. The van der Waals surface area contributed by atoms with Crippen molar-refractivity contribution in [3.8, 4) is 0 Å². The van der Waals surface area contributed by atoms with Crippen molar-refractivity contribution >= 4 is 43.1 Å². The molecule has 0 aliphatic carbocycles. The van der Waals surface area contributed by atoms with Crippen molar-refractivity contribution in [1.29, 1.82) is 0 Å². The van der Waals surface area contributed by atoms with Crippen molar-refractivity contribution in [2.24, 2.45) is 17.2 Å². The van der Waals surface area contributed by atoms with Crippen LogP contribution < -0.4 is 22.5 Å². The quantitative estimate of drug-likeness (QED) is 0.0538. The summed E-state index contributed by atoms with van der Waals surface area (Å²) in [6.45, 7) is 4.26. The van der Waals surface area contributed by atoms with Crippen LogP contribution in [0.15, 0.2) is 0 Å². The van der Waals surface area contributed by atoms with E-state index >= 15 is 0 Å². The first-order valence-corrected chi connectivity index (χ1v) is 17.6. The number of rotatable bonds is 32. The Balaban J connectivity index is -0.00000241. The van der Waals surface area contributed by atoms with Gasteiger partial charge in [0, 0.05) is 12.0 Å². The molecule has 0 fully saturated rings. The third kappa shape index (κ3) is 33.1. The molecular formula is C34H75Cl3N4O. The summed E-state index contributed by atoms with van der Waals surface area (Å²) in [5.74, 6) is 0.193. The predicted molar refractivity (Wildman–Crippen MR) is 195 cm³/mol. The van der Waals surface area contributed by atoms with Crippen LogP contribution in [0.4, 0.5) is 0 Å². The highest BCUT2D eigenvalue weighted by molar-refractivity contribution is 5.86. The Morgan fingerprint density at radius 1 is 0.452 bits per heavy atom. The summed E-state index contributed by atoms with van der Waals surface area (Å²) >= 11 is 0. The molecule has 5 nitrogen and oxygen atoms in total. The lowest BCUT2D eigenvalue weighted by Crippen LogP contribution is -2.49. The van der Waals surface area contributed by atoms with Gasteiger partial charge in [0.05, 0.1) is 0 Å². The molecule has 0 unspecified atom stereocenters. The highest BCUT2D eigenvalue weighted by atomic mass is 35.5. The molecule has 7 N–H and O–H groups in total. The second kappa shape index (κ2) is 39.2. The first kappa shape index (κ1) is 49.1. The average molecular weight is 662 g/mol. The molecule has 0 aromatic heterocycles. The van der Waals surface area contributed by atoms with Crippen LogP contribution in [0.2, 0.25) is 0 Å². The number of unbranched alkanes of at least 4 members (excludes halogenated alkanes) is 20. The molecule has 0 bridgehead atoms. The molecule has 0 atom stereocenters. The van der Waals surface area contributed by atoms with Gasteiger partial charge >= 0.3 is 0 Å². The van der Waals surface area contributed by atoms with Crippen LogP contribution in [0.5, 0.6) is 0 Å². The summed E-state index contributed by atoms with van der Waals surface area (Å²) in [5.41, 5.74) is 17.2. The van der Waals surface area contributed by atoms with Crippen LogP contribution in [0.1, 0.15) is 187 Å². The Labute approximate surface area is 281 Å². The number of nitrogens with one attached hydrogen (secondary N) is 1. The summed E-state index contributed by atoms with van der Waals surface area (Å²) in [5, 5.41) is 3.39. The van der Waals surface area contributed by atoms with Crippen molar-refractivity contribution < 1.29 is 4.79 Å². The third-order valence-corrected chi connectivity index (χ3v) is 8.49. The Kier molecular flexibility index (Phi) is 45.9. The van der Waals surface area contributed by atoms with Crippen LogP contribution in [0, 0.1) is 0 Å². The largest absolute Gasteiger partial charge is 0.351 e. The minimum atomic E-state index is -0.178. The minimum Gasteiger partial charge on any atom is -0.351 e. The Morgan fingerprint density at radius 3 is 0.976 bits per heavy atom. The molecule has 0 aromatic rings. The highest BCUT2D eigenvalue weighted by Crippen LogP contribution is 2.26. The van der Waals surface area contributed by atoms with E-state index in [0.717, 1.165) is 51.4 Å². The molecule has 258 valence electrons. The summed E-state index contributed by atoms with van der Waals surface area (Å²) < 4.78 is 0. The van der Waals surface area contributed by atoms with Crippen LogP contribution in [-0.2, 0) is 4.79 Å². The van der Waals surface area contributed by atoms with Gasteiger partial charge in [-0.05, 0) is 64.6 Å². The molecule has 0 radical (unpaired) electrons. The van der Waals surface area contributed by atoms with E-state index in [0.29, 0.717) is 26.1 Å². The smallest absolute Gasteiger partial charge is 0.220 e. The molecule has 0 spiro atoms. The number of nitrogens with two attached hydrogens (primary N) is 3. The molecule has 42 heavy (non-hydrogen) atoms. The average Bonchev–Trinajstić information content (AvgIpc) is 2.94.